The zero-order chi connectivity index (χ0) is 19.9. The van der Waals surface area contributed by atoms with Crippen molar-refractivity contribution in [1.82, 2.24) is 4.90 Å². The molecule has 0 saturated carbocycles. The van der Waals surface area contributed by atoms with Gasteiger partial charge in [0.1, 0.15) is 0 Å². The Balaban J connectivity index is 0. The van der Waals surface area contributed by atoms with E-state index < -0.39 is 5.97 Å². The molecule has 0 bridgehead atoms. The fraction of sp³-hybridized carbons (Fsp3) is 0.957. The molecule has 3 heteroatoms. The van der Waals surface area contributed by atoms with Crippen LogP contribution in [0.3, 0.4) is 0 Å². The van der Waals surface area contributed by atoms with E-state index in [1.54, 1.807) is 6.92 Å². The van der Waals surface area contributed by atoms with Gasteiger partial charge in [0, 0.05) is 6.42 Å². The van der Waals surface area contributed by atoms with Gasteiger partial charge >= 0.3 is 5.97 Å². The van der Waals surface area contributed by atoms with Crippen LogP contribution < -0.4 is 0 Å². The number of rotatable bonds is 18. The van der Waals surface area contributed by atoms with Gasteiger partial charge in [0.15, 0.2) is 0 Å². The minimum atomic E-state index is -0.745. The molecule has 0 atom stereocenters. The highest BCUT2D eigenvalue weighted by Gasteiger charge is 1.98. The van der Waals surface area contributed by atoms with Crippen LogP contribution in [0.4, 0.5) is 0 Å². The Hall–Kier alpha value is -0.570. The third-order valence-corrected chi connectivity index (χ3v) is 5.02. The molecular formula is C23H49NO2. The van der Waals surface area contributed by atoms with Crippen LogP contribution in [0.25, 0.3) is 0 Å². The number of aliphatic carboxylic acids is 1. The highest BCUT2D eigenvalue weighted by Crippen LogP contribution is 2.13. The average molecular weight is 372 g/mol. The van der Waals surface area contributed by atoms with Crippen LogP contribution in [0, 0.1) is 0 Å². The molecule has 0 aromatic carbocycles. The average Bonchev–Trinajstić information content (AvgIpc) is 2.65. The number of carbonyl (C=O) groups is 1. The quantitative estimate of drug-likeness (QED) is 0.257. The summed E-state index contributed by atoms with van der Waals surface area (Å²) in [6, 6.07) is 0. The predicted octanol–water partition coefficient (Wildman–Crippen LogP) is 7.29. The lowest BCUT2D eigenvalue weighted by Gasteiger charge is -2.17. The van der Waals surface area contributed by atoms with E-state index in [1.807, 2.05) is 0 Å². The zero-order valence-corrected chi connectivity index (χ0v) is 18.5. The highest BCUT2D eigenvalue weighted by atomic mass is 16.4. The Morgan fingerprint density at radius 2 is 0.923 bits per heavy atom. The van der Waals surface area contributed by atoms with Crippen molar-refractivity contribution < 1.29 is 9.90 Å². The van der Waals surface area contributed by atoms with Gasteiger partial charge < -0.3 is 10.0 Å². The van der Waals surface area contributed by atoms with Crippen molar-refractivity contribution in [3.05, 3.63) is 0 Å². The Kier molecular flexibility index (Phi) is 26.0. The molecule has 0 aromatic heterocycles. The lowest BCUT2D eigenvalue weighted by Crippen LogP contribution is -2.23. The fourth-order valence-corrected chi connectivity index (χ4v) is 3.07. The summed E-state index contributed by atoms with van der Waals surface area (Å²) in [6.07, 6.45) is 20.6. The first-order chi connectivity index (χ1) is 12.6. The van der Waals surface area contributed by atoms with E-state index in [1.165, 1.54) is 110 Å². The van der Waals surface area contributed by atoms with Gasteiger partial charge in [-0.25, -0.2) is 0 Å². The maximum atomic E-state index is 9.37. The van der Waals surface area contributed by atoms with Gasteiger partial charge in [-0.05, 0) is 26.1 Å². The summed E-state index contributed by atoms with van der Waals surface area (Å²) in [5, 5.41) is 7.72. The first-order valence-electron chi connectivity index (χ1n) is 11.6. The first-order valence-corrected chi connectivity index (χ1v) is 11.6. The summed E-state index contributed by atoms with van der Waals surface area (Å²) in [4.78, 5) is 11.9. The summed E-state index contributed by atoms with van der Waals surface area (Å²) >= 11 is 0. The van der Waals surface area contributed by atoms with Gasteiger partial charge in [-0.2, -0.15) is 0 Å². The molecular weight excluding hydrogens is 322 g/mol. The molecule has 3 nitrogen and oxygen atoms in total. The number of hydrogen-bond donors (Lipinski definition) is 1. The number of hydrogen-bond acceptors (Lipinski definition) is 2. The molecule has 0 aliphatic heterocycles. The molecule has 0 spiro atoms. The van der Waals surface area contributed by atoms with Gasteiger partial charge in [0.05, 0.1) is 0 Å². The minimum Gasteiger partial charge on any atom is -0.481 e. The maximum Gasteiger partial charge on any atom is 0.303 e. The van der Waals surface area contributed by atoms with Crippen LogP contribution in [0.15, 0.2) is 0 Å². The van der Waals surface area contributed by atoms with Crippen LogP contribution in [0.5, 0.6) is 0 Å². The second-order valence-electron chi connectivity index (χ2n) is 7.37. The topological polar surface area (TPSA) is 40.5 Å². The normalized spacial score (nSPS) is 10.7. The number of carboxylic acids is 1. The van der Waals surface area contributed by atoms with Crippen LogP contribution in [-0.2, 0) is 4.79 Å². The Morgan fingerprint density at radius 1 is 0.615 bits per heavy atom. The molecule has 26 heavy (non-hydrogen) atoms. The van der Waals surface area contributed by atoms with Crippen molar-refractivity contribution in [3.8, 4) is 0 Å². The lowest BCUT2D eigenvalue weighted by molar-refractivity contribution is -0.136. The third-order valence-electron chi connectivity index (χ3n) is 5.02. The van der Waals surface area contributed by atoms with Gasteiger partial charge in [0.2, 0.25) is 0 Å². The smallest absolute Gasteiger partial charge is 0.303 e. The fourth-order valence-electron chi connectivity index (χ4n) is 3.07. The molecule has 1 N–H and O–H groups in total. The van der Waals surface area contributed by atoms with Gasteiger partial charge in [-0.15, -0.1) is 0 Å². The zero-order valence-electron chi connectivity index (χ0n) is 18.5. The van der Waals surface area contributed by atoms with Gasteiger partial charge in [-0.1, -0.05) is 111 Å². The molecule has 0 radical (unpaired) electrons. The Morgan fingerprint density at radius 3 is 1.19 bits per heavy atom. The Bertz CT molecular complexity index is 265. The highest BCUT2D eigenvalue weighted by molar-refractivity contribution is 5.66. The van der Waals surface area contributed by atoms with Crippen LogP contribution in [0.1, 0.15) is 124 Å². The summed E-state index contributed by atoms with van der Waals surface area (Å²) in [6.45, 7) is 12.2. The second-order valence-corrected chi connectivity index (χ2v) is 7.37. The first kappa shape index (κ1) is 27.6. The Labute approximate surface area is 164 Å². The summed E-state index contributed by atoms with van der Waals surface area (Å²) in [7, 11) is 0. The molecule has 0 fully saturated rings. The van der Waals surface area contributed by atoms with E-state index in [2.05, 4.69) is 25.7 Å². The largest absolute Gasteiger partial charge is 0.481 e. The number of nitrogens with zero attached hydrogens (tertiary/aromatic N) is 1. The van der Waals surface area contributed by atoms with Crippen molar-refractivity contribution >= 4 is 5.97 Å². The van der Waals surface area contributed by atoms with E-state index in [-0.39, 0.29) is 6.42 Å². The van der Waals surface area contributed by atoms with Crippen molar-refractivity contribution in [2.24, 2.45) is 0 Å². The van der Waals surface area contributed by atoms with E-state index in [9.17, 15) is 4.79 Å². The lowest BCUT2D eigenvalue weighted by atomic mass is 10.0. The maximum absolute atomic E-state index is 9.37. The van der Waals surface area contributed by atoms with E-state index in [0.29, 0.717) is 0 Å². The van der Waals surface area contributed by atoms with Crippen LogP contribution >= 0.6 is 0 Å². The number of carboxylic acid groups (broad SMARTS) is 1. The molecule has 0 aromatic rings. The van der Waals surface area contributed by atoms with E-state index in [4.69, 9.17) is 5.11 Å². The summed E-state index contributed by atoms with van der Waals surface area (Å²) < 4.78 is 0. The van der Waals surface area contributed by atoms with Crippen molar-refractivity contribution in [2.75, 3.05) is 19.6 Å². The molecule has 0 aliphatic carbocycles. The molecule has 0 unspecified atom stereocenters. The molecule has 0 rings (SSSR count). The summed E-state index contributed by atoms with van der Waals surface area (Å²) in [5.74, 6) is -0.745. The molecule has 158 valence electrons. The van der Waals surface area contributed by atoms with E-state index in [0.717, 1.165) is 0 Å². The predicted molar refractivity (Wildman–Crippen MR) is 116 cm³/mol. The van der Waals surface area contributed by atoms with E-state index >= 15 is 0 Å². The molecule has 0 heterocycles. The van der Waals surface area contributed by atoms with Crippen LogP contribution in [-0.4, -0.2) is 35.6 Å². The standard InChI is InChI=1S/C20H43N.C3H6O2/c1-4-7-8-9-10-11-12-13-14-15-16-17-18-19-20-21(5-2)6-3;1-2-3(4)5/h4-20H2,1-3H3;2H2,1H3,(H,4,5). The SMILES string of the molecule is CCC(=O)O.CCCCCCCCCCCCCCCCN(CC)CC. The molecule has 0 amide bonds. The molecule has 0 saturated heterocycles. The second kappa shape index (κ2) is 24.4. The monoisotopic (exact) mass is 371 g/mol. The molecule has 0 aliphatic rings. The minimum absolute atomic E-state index is 0.222. The van der Waals surface area contributed by atoms with Crippen molar-refractivity contribution in [1.29, 1.82) is 0 Å². The van der Waals surface area contributed by atoms with Crippen molar-refractivity contribution in [3.63, 3.8) is 0 Å². The summed E-state index contributed by atoms with van der Waals surface area (Å²) in [5.41, 5.74) is 0. The van der Waals surface area contributed by atoms with Gasteiger partial charge in [-0.3, -0.25) is 4.79 Å². The van der Waals surface area contributed by atoms with Crippen molar-refractivity contribution in [2.45, 2.75) is 124 Å². The number of unbranched alkanes of at least 4 members (excludes halogenated alkanes) is 13. The van der Waals surface area contributed by atoms with Gasteiger partial charge in [0.25, 0.3) is 0 Å². The van der Waals surface area contributed by atoms with Crippen LogP contribution in [0.2, 0.25) is 0 Å². The third kappa shape index (κ3) is 25.7.